The largest absolute Gasteiger partial charge is 0.365 e. The normalized spacial score (nSPS) is 12.4. The van der Waals surface area contributed by atoms with Crippen LogP contribution in [0.2, 0.25) is 0 Å². The van der Waals surface area contributed by atoms with Crippen molar-refractivity contribution in [2.45, 2.75) is 10.6 Å². The molecule has 3 aromatic rings. The molecule has 3 aromatic carbocycles. The van der Waals surface area contributed by atoms with Crippen LogP contribution in [-0.2, 0) is 10.6 Å². The smallest absolute Gasteiger partial charge is 0.324 e. The maximum Gasteiger partial charge on any atom is 0.365 e. The van der Waals surface area contributed by atoms with Crippen molar-refractivity contribution in [1.29, 1.82) is 5.26 Å². The molecule has 1 heterocycles. The SMILES string of the molecule is N#Cc1ccc(CSc2ccccc2C(=O)ON2C(=O)c3ccccc3C2=O)cc1. The number of fused-ring (bicyclic) bond motifs is 1. The number of benzene rings is 3. The minimum Gasteiger partial charge on any atom is -0.324 e. The lowest BCUT2D eigenvalue weighted by Crippen LogP contribution is -2.32. The molecule has 1 aliphatic heterocycles. The number of nitriles is 1. The Labute approximate surface area is 176 Å². The third-order valence-corrected chi connectivity index (χ3v) is 5.66. The van der Waals surface area contributed by atoms with E-state index in [1.165, 1.54) is 23.9 Å². The second-order valence-corrected chi connectivity index (χ2v) is 7.44. The molecular formula is C23H14N2O4S. The van der Waals surface area contributed by atoms with Crippen molar-refractivity contribution in [2.75, 3.05) is 0 Å². The summed E-state index contributed by atoms with van der Waals surface area (Å²) in [5.41, 5.74) is 2.24. The molecule has 0 radical (unpaired) electrons. The fraction of sp³-hybridized carbons (Fsp3) is 0.0435. The summed E-state index contributed by atoms with van der Waals surface area (Å²) in [6, 6.07) is 22.4. The Morgan fingerprint density at radius 2 is 1.50 bits per heavy atom. The van der Waals surface area contributed by atoms with Gasteiger partial charge in [-0.2, -0.15) is 5.26 Å². The van der Waals surface area contributed by atoms with Crippen LogP contribution < -0.4 is 0 Å². The van der Waals surface area contributed by atoms with Crippen LogP contribution in [0, 0.1) is 11.3 Å². The fourth-order valence-corrected chi connectivity index (χ4v) is 3.98. The van der Waals surface area contributed by atoms with Gasteiger partial charge >= 0.3 is 5.97 Å². The van der Waals surface area contributed by atoms with Gasteiger partial charge < -0.3 is 4.84 Å². The highest BCUT2D eigenvalue weighted by molar-refractivity contribution is 7.98. The summed E-state index contributed by atoms with van der Waals surface area (Å²) in [5, 5.41) is 9.40. The maximum atomic E-state index is 12.7. The highest BCUT2D eigenvalue weighted by atomic mass is 32.2. The molecule has 6 nitrogen and oxygen atoms in total. The number of carbonyl (C=O) groups is 3. The summed E-state index contributed by atoms with van der Waals surface area (Å²) in [7, 11) is 0. The van der Waals surface area contributed by atoms with Gasteiger partial charge in [-0.1, -0.05) is 41.5 Å². The Bertz CT molecular complexity index is 1160. The molecule has 0 unspecified atom stereocenters. The Balaban J connectivity index is 1.49. The van der Waals surface area contributed by atoms with Gasteiger partial charge in [0.05, 0.1) is 28.3 Å². The summed E-state index contributed by atoms with van der Waals surface area (Å²) in [4.78, 5) is 43.4. The predicted octanol–water partition coefficient (Wildman–Crippen LogP) is 4.22. The van der Waals surface area contributed by atoms with Gasteiger partial charge in [0, 0.05) is 10.6 Å². The molecule has 0 saturated carbocycles. The first-order valence-corrected chi connectivity index (χ1v) is 9.98. The van der Waals surface area contributed by atoms with E-state index in [0.717, 1.165) is 5.56 Å². The quantitative estimate of drug-likeness (QED) is 0.459. The van der Waals surface area contributed by atoms with E-state index in [2.05, 4.69) is 6.07 Å². The molecule has 0 N–H and O–H groups in total. The number of hydrogen-bond donors (Lipinski definition) is 0. The predicted molar refractivity (Wildman–Crippen MR) is 110 cm³/mol. The van der Waals surface area contributed by atoms with Gasteiger partial charge in [-0.05, 0) is 42.0 Å². The van der Waals surface area contributed by atoms with Crippen molar-refractivity contribution in [3.63, 3.8) is 0 Å². The Morgan fingerprint density at radius 3 is 2.13 bits per heavy atom. The van der Waals surface area contributed by atoms with Crippen LogP contribution in [0.15, 0.2) is 77.7 Å². The van der Waals surface area contributed by atoms with Crippen molar-refractivity contribution in [3.05, 3.63) is 101 Å². The number of imide groups is 1. The summed E-state index contributed by atoms with van der Waals surface area (Å²) < 4.78 is 0. The van der Waals surface area contributed by atoms with Crippen LogP contribution in [0.4, 0.5) is 0 Å². The summed E-state index contributed by atoms with van der Waals surface area (Å²) in [6.07, 6.45) is 0. The van der Waals surface area contributed by atoms with E-state index in [1.54, 1.807) is 48.5 Å². The lowest BCUT2D eigenvalue weighted by molar-refractivity contribution is -0.0586. The van der Waals surface area contributed by atoms with E-state index in [1.807, 2.05) is 12.1 Å². The van der Waals surface area contributed by atoms with Crippen LogP contribution in [0.5, 0.6) is 0 Å². The average Bonchev–Trinajstić information content (AvgIpc) is 3.03. The minimum absolute atomic E-state index is 0.207. The molecule has 0 aliphatic carbocycles. The van der Waals surface area contributed by atoms with Gasteiger partial charge in [0.15, 0.2) is 0 Å². The zero-order valence-electron chi connectivity index (χ0n) is 15.6. The molecule has 146 valence electrons. The number of thioether (sulfide) groups is 1. The topological polar surface area (TPSA) is 87.5 Å². The van der Waals surface area contributed by atoms with Gasteiger partial charge in [0.2, 0.25) is 0 Å². The number of hydroxylamine groups is 2. The Morgan fingerprint density at radius 1 is 0.900 bits per heavy atom. The van der Waals surface area contributed by atoms with Gasteiger partial charge in [0.1, 0.15) is 0 Å². The number of hydrogen-bond acceptors (Lipinski definition) is 6. The van der Waals surface area contributed by atoms with Gasteiger partial charge in [-0.15, -0.1) is 11.8 Å². The van der Waals surface area contributed by atoms with Crippen LogP contribution >= 0.6 is 11.8 Å². The number of amides is 2. The molecule has 0 saturated heterocycles. The molecule has 0 atom stereocenters. The lowest BCUT2D eigenvalue weighted by atomic mass is 10.1. The number of carbonyl (C=O) groups excluding carboxylic acids is 3. The first-order valence-electron chi connectivity index (χ1n) is 8.99. The minimum atomic E-state index is -0.785. The van der Waals surface area contributed by atoms with Crippen LogP contribution in [0.25, 0.3) is 0 Å². The molecule has 0 aromatic heterocycles. The zero-order valence-corrected chi connectivity index (χ0v) is 16.4. The van der Waals surface area contributed by atoms with Gasteiger partial charge in [0.25, 0.3) is 11.8 Å². The highest BCUT2D eigenvalue weighted by Crippen LogP contribution is 2.28. The van der Waals surface area contributed by atoms with E-state index < -0.39 is 17.8 Å². The lowest BCUT2D eigenvalue weighted by Gasteiger charge is -2.14. The highest BCUT2D eigenvalue weighted by Gasteiger charge is 2.39. The van der Waals surface area contributed by atoms with Crippen molar-refractivity contribution in [2.24, 2.45) is 0 Å². The third kappa shape index (κ3) is 3.69. The number of rotatable bonds is 5. The van der Waals surface area contributed by atoms with E-state index >= 15 is 0 Å². The standard InChI is InChI=1S/C23H14N2O4S/c24-13-15-9-11-16(12-10-15)14-30-20-8-4-3-7-19(20)23(28)29-25-21(26)17-5-1-2-6-18(17)22(25)27/h1-12H,14H2. The fourth-order valence-electron chi connectivity index (χ4n) is 2.98. The summed E-state index contributed by atoms with van der Waals surface area (Å²) >= 11 is 1.42. The number of nitrogens with zero attached hydrogens (tertiary/aromatic N) is 2. The molecular weight excluding hydrogens is 400 g/mol. The van der Waals surface area contributed by atoms with E-state index in [-0.39, 0.29) is 16.7 Å². The molecule has 2 amide bonds. The first kappa shape index (κ1) is 19.4. The molecule has 7 heteroatoms. The van der Waals surface area contributed by atoms with Gasteiger partial charge in [-0.3, -0.25) is 9.59 Å². The Hall–Kier alpha value is -3.89. The molecule has 0 bridgehead atoms. The van der Waals surface area contributed by atoms with Crippen molar-refractivity contribution >= 4 is 29.5 Å². The monoisotopic (exact) mass is 414 g/mol. The molecule has 30 heavy (non-hydrogen) atoms. The summed E-state index contributed by atoms with van der Waals surface area (Å²) in [5.74, 6) is -1.53. The summed E-state index contributed by atoms with van der Waals surface area (Å²) in [6.45, 7) is 0. The van der Waals surface area contributed by atoms with E-state index in [9.17, 15) is 14.4 Å². The Kier molecular flexibility index (Phi) is 5.33. The molecule has 4 rings (SSSR count). The van der Waals surface area contributed by atoms with Crippen LogP contribution in [-0.4, -0.2) is 22.8 Å². The van der Waals surface area contributed by atoms with E-state index in [0.29, 0.717) is 21.3 Å². The second-order valence-electron chi connectivity index (χ2n) is 6.42. The third-order valence-electron chi connectivity index (χ3n) is 4.52. The van der Waals surface area contributed by atoms with Gasteiger partial charge in [-0.25, -0.2) is 4.79 Å². The maximum absolute atomic E-state index is 12.7. The van der Waals surface area contributed by atoms with Crippen molar-refractivity contribution in [1.82, 2.24) is 5.06 Å². The molecule has 1 aliphatic rings. The van der Waals surface area contributed by atoms with Crippen molar-refractivity contribution in [3.8, 4) is 6.07 Å². The average molecular weight is 414 g/mol. The molecule has 0 fully saturated rings. The zero-order chi connectivity index (χ0) is 21.1. The second kappa shape index (κ2) is 8.23. The van der Waals surface area contributed by atoms with E-state index in [4.69, 9.17) is 10.1 Å². The molecule has 0 spiro atoms. The first-order chi connectivity index (χ1) is 14.6. The van der Waals surface area contributed by atoms with Crippen LogP contribution in [0.3, 0.4) is 0 Å². The van der Waals surface area contributed by atoms with Crippen LogP contribution in [0.1, 0.15) is 42.2 Å². The van der Waals surface area contributed by atoms with Crippen molar-refractivity contribution < 1.29 is 19.2 Å².